The molecule has 0 aliphatic carbocycles. The summed E-state index contributed by atoms with van der Waals surface area (Å²) in [7, 11) is 1.26. The summed E-state index contributed by atoms with van der Waals surface area (Å²) in [6, 6.07) is 4.38. The van der Waals surface area contributed by atoms with Crippen LogP contribution >= 0.6 is 0 Å². The predicted molar refractivity (Wildman–Crippen MR) is 95.9 cm³/mol. The average Bonchev–Trinajstić information content (AvgIpc) is 2.71. The van der Waals surface area contributed by atoms with Crippen molar-refractivity contribution in [3.05, 3.63) is 35.4 Å². The molecule has 2 unspecified atom stereocenters. The molecule has 2 fully saturated rings. The van der Waals surface area contributed by atoms with E-state index in [-0.39, 0.29) is 37.5 Å². The molecule has 3 rings (SSSR count). The van der Waals surface area contributed by atoms with Gasteiger partial charge in [0.1, 0.15) is 6.54 Å². The number of hydrogen-bond acceptors (Lipinski definition) is 4. The van der Waals surface area contributed by atoms with E-state index in [4.69, 9.17) is 4.74 Å². The molecule has 0 radical (unpaired) electrons. The third-order valence-corrected chi connectivity index (χ3v) is 5.27. The Morgan fingerprint density at radius 1 is 1.14 bits per heavy atom. The topological polar surface area (TPSA) is 79.0 Å². The number of likely N-dealkylation sites (tertiary alicyclic amines) is 1. The Morgan fingerprint density at radius 2 is 1.83 bits per heavy atom. The van der Waals surface area contributed by atoms with Crippen molar-refractivity contribution >= 4 is 17.9 Å². The number of carbonyl (C=O) groups excluding carboxylic acids is 3. The van der Waals surface area contributed by atoms with Gasteiger partial charge in [0, 0.05) is 32.1 Å². The van der Waals surface area contributed by atoms with E-state index in [0.717, 1.165) is 12.1 Å². The quantitative estimate of drug-likeness (QED) is 0.751. The molecule has 158 valence electrons. The molecule has 1 N–H and O–H groups in total. The van der Waals surface area contributed by atoms with Gasteiger partial charge in [0.05, 0.1) is 18.6 Å². The van der Waals surface area contributed by atoms with Crippen molar-refractivity contribution < 1.29 is 32.3 Å². The molecular formula is C19H22F3N3O4. The van der Waals surface area contributed by atoms with Gasteiger partial charge in [0.25, 0.3) is 0 Å². The van der Waals surface area contributed by atoms with E-state index in [9.17, 15) is 27.6 Å². The van der Waals surface area contributed by atoms with Crippen LogP contribution in [0.5, 0.6) is 0 Å². The highest BCUT2D eigenvalue weighted by atomic mass is 19.4. The third-order valence-electron chi connectivity index (χ3n) is 5.27. The van der Waals surface area contributed by atoms with Crippen molar-refractivity contribution in [3.63, 3.8) is 0 Å². The Hall–Kier alpha value is -2.78. The highest BCUT2D eigenvalue weighted by Crippen LogP contribution is 2.34. The second-order valence-corrected chi connectivity index (χ2v) is 7.23. The lowest BCUT2D eigenvalue weighted by Crippen LogP contribution is -2.56. The Kier molecular flexibility index (Phi) is 5.99. The number of methoxy groups -OCH3 is 1. The third kappa shape index (κ3) is 4.80. The Bertz CT molecular complexity index is 782. The van der Waals surface area contributed by atoms with Crippen molar-refractivity contribution in [3.8, 4) is 0 Å². The SMILES string of the molecule is COC(=O)C1CC(c2ccc(C(F)(F)F)cc2)CN(C(=O)N2CCNC(=O)C2)C1. The Labute approximate surface area is 165 Å². The van der Waals surface area contributed by atoms with Gasteiger partial charge >= 0.3 is 18.2 Å². The zero-order valence-corrected chi connectivity index (χ0v) is 15.9. The van der Waals surface area contributed by atoms with E-state index in [1.54, 1.807) is 0 Å². The first kappa shape index (κ1) is 20.9. The van der Waals surface area contributed by atoms with Gasteiger partial charge in [-0.05, 0) is 24.1 Å². The number of amides is 3. The molecule has 2 saturated heterocycles. The summed E-state index contributed by atoms with van der Waals surface area (Å²) in [6.45, 7) is 1.02. The second kappa shape index (κ2) is 8.30. The Morgan fingerprint density at radius 3 is 2.41 bits per heavy atom. The molecular weight excluding hydrogens is 391 g/mol. The summed E-state index contributed by atoms with van der Waals surface area (Å²) in [5, 5.41) is 2.64. The minimum absolute atomic E-state index is 0.0663. The summed E-state index contributed by atoms with van der Waals surface area (Å²) >= 11 is 0. The van der Waals surface area contributed by atoms with Gasteiger partial charge in [0.15, 0.2) is 0 Å². The first-order chi connectivity index (χ1) is 13.7. The van der Waals surface area contributed by atoms with Crippen LogP contribution < -0.4 is 5.32 Å². The summed E-state index contributed by atoms with van der Waals surface area (Å²) in [4.78, 5) is 39.5. The van der Waals surface area contributed by atoms with Crippen LogP contribution in [-0.4, -0.2) is 67.5 Å². The van der Waals surface area contributed by atoms with Crippen LogP contribution in [-0.2, 0) is 20.5 Å². The number of piperidine rings is 1. The summed E-state index contributed by atoms with van der Waals surface area (Å²) in [6.07, 6.45) is -4.07. The van der Waals surface area contributed by atoms with E-state index in [0.29, 0.717) is 25.1 Å². The van der Waals surface area contributed by atoms with Gasteiger partial charge in [-0.25, -0.2) is 4.79 Å². The normalized spacial score (nSPS) is 22.8. The molecule has 0 bridgehead atoms. The number of urea groups is 1. The van der Waals surface area contributed by atoms with Gasteiger partial charge in [-0.15, -0.1) is 0 Å². The number of carbonyl (C=O) groups is 3. The van der Waals surface area contributed by atoms with Crippen LogP contribution in [0, 0.1) is 5.92 Å². The number of nitrogens with zero attached hydrogens (tertiary/aromatic N) is 2. The number of benzene rings is 1. The number of halogens is 3. The molecule has 10 heteroatoms. The van der Waals surface area contributed by atoms with Gasteiger partial charge in [-0.3, -0.25) is 9.59 Å². The molecule has 0 saturated carbocycles. The molecule has 2 aliphatic heterocycles. The van der Waals surface area contributed by atoms with Crippen LogP contribution in [0.4, 0.5) is 18.0 Å². The van der Waals surface area contributed by atoms with Crippen LogP contribution in [0.3, 0.4) is 0 Å². The average molecular weight is 413 g/mol. The lowest BCUT2D eigenvalue weighted by atomic mass is 9.84. The predicted octanol–water partition coefficient (Wildman–Crippen LogP) is 1.84. The van der Waals surface area contributed by atoms with E-state index >= 15 is 0 Å². The monoisotopic (exact) mass is 413 g/mol. The van der Waals surface area contributed by atoms with Crippen LogP contribution in [0.25, 0.3) is 0 Å². The fraction of sp³-hybridized carbons (Fsp3) is 0.526. The molecule has 2 aliphatic rings. The number of rotatable bonds is 2. The molecule has 2 heterocycles. The van der Waals surface area contributed by atoms with Crippen molar-refractivity contribution in [2.45, 2.75) is 18.5 Å². The summed E-state index contributed by atoms with van der Waals surface area (Å²) < 4.78 is 43.3. The lowest BCUT2D eigenvalue weighted by Gasteiger charge is -2.40. The maximum atomic E-state index is 12.9. The van der Waals surface area contributed by atoms with Crippen molar-refractivity contribution in [1.29, 1.82) is 0 Å². The first-order valence-electron chi connectivity index (χ1n) is 9.24. The lowest BCUT2D eigenvalue weighted by molar-refractivity contribution is -0.147. The molecule has 1 aromatic rings. The molecule has 0 aromatic heterocycles. The number of nitrogens with one attached hydrogen (secondary N) is 1. The number of ether oxygens (including phenoxy) is 1. The molecule has 0 spiro atoms. The zero-order chi connectivity index (χ0) is 21.2. The minimum atomic E-state index is -4.43. The maximum absolute atomic E-state index is 12.9. The van der Waals surface area contributed by atoms with E-state index in [1.165, 1.54) is 29.0 Å². The Balaban J connectivity index is 1.80. The van der Waals surface area contributed by atoms with E-state index < -0.39 is 23.6 Å². The smallest absolute Gasteiger partial charge is 0.416 e. The number of alkyl halides is 3. The van der Waals surface area contributed by atoms with Gasteiger partial charge in [-0.1, -0.05) is 12.1 Å². The fourth-order valence-corrected chi connectivity index (χ4v) is 3.78. The number of piperazine rings is 1. The second-order valence-electron chi connectivity index (χ2n) is 7.23. The van der Waals surface area contributed by atoms with Gasteiger partial charge in [-0.2, -0.15) is 13.2 Å². The summed E-state index contributed by atoms with van der Waals surface area (Å²) in [5.41, 5.74) is -0.144. The largest absolute Gasteiger partial charge is 0.469 e. The molecule has 3 amide bonds. The van der Waals surface area contributed by atoms with Crippen LogP contribution in [0.1, 0.15) is 23.5 Å². The highest BCUT2D eigenvalue weighted by Gasteiger charge is 2.38. The van der Waals surface area contributed by atoms with E-state index in [2.05, 4.69) is 5.32 Å². The van der Waals surface area contributed by atoms with Gasteiger partial charge < -0.3 is 19.9 Å². The molecule has 29 heavy (non-hydrogen) atoms. The fourth-order valence-electron chi connectivity index (χ4n) is 3.78. The first-order valence-corrected chi connectivity index (χ1v) is 9.24. The van der Waals surface area contributed by atoms with Crippen molar-refractivity contribution in [2.24, 2.45) is 5.92 Å². The standard InChI is InChI=1S/C19H22F3N3O4/c1-29-17(27)14-8-13(12-2-4-15(5-3-12)19(20,21)22)9-25(10-14)18(28)24-7-6-23-16(26)11-24/h2-5,13-14H,6-11H2,1H3,(H,23,26). The number of esters is 1. The zero-order valence-electron chi connectivity index (χ0n) is 15.9. The molecule has 2 atom stereocenters. The number of hydrogen-bond donors (Lipinski definition) is 1. The van der Waals surface area contributed by atoms with Gasteiger partial charge in [0.2, 0.25) is 5.91 Å². The van der Waals surface area contributed by atoms with E-state index in [1.807, 2.05) is 0 Å². The van der Waals surface area contributed by atoms with Crippen molar-refractivity contribution in [1.82, 2.24) is 15.1 Å². The van der Waals surface area contributed by atoms with Crippen LogP contribution in [0.15, 0.2) is 24.3 Å². The van der Waals surface area contributed by atoms with Crippen LogP contribution in [0.2, 0.25) is 0 Å². The summed E-state index contributed by atoms with van der Waals surface area (Å²) in [5.74, 6) is -1.65. The maximum Gasteiger partial charge on any atom is 0.416 e. The highest BCUT2D eigenvalue weighted by molar-refractivity contribution is 5.85. The molecule has 1 aromatic carbocycles. The minimum Gasteiger partial charge on any atom is -0.469 e. The van der Waals surface area contributed by atoms with Crippen molar-refractivity contribution in [2.75, 3.05) is 39.8 Å². The molecule has 7 nitrogen and oxygen atoms in total.